The maximum atomic E-state index is 3.97. The van der Waals surface area contributed by atoms with E-state index in [1.807, 2.05) is 0 Å². The van der Waals surface area contributed by atoms with Crippen molar-refractivity contribution in [3.8, 4) is 0 Å². The number of hydrogen-bond acceptors (Lipinski definition) is 0. The molecule has 0 nitrogen and oxygen atoms in total. The van der Waals surface area contributed by atoms with E-state index in [0.717, 1.165) is 19.0 Å². The molecule has 0 aromatic rings. The molecule has 0 bridgehead atoms. The number of hydrogen-bond donors (Lipinski definition) is 0. The molecule has 0 saturated carbocycles. The molecular formula is C16H26P2. The van der Waals surface area contributed by atoms with Crippen LogP contribution in [0.25, 0.3) is 0 Å². The summed E-state index contributed by atoms with van der Waals surface area (Å²) < 4.78 is 0. The second-order valence-electron chi connectivity index (χ2n) is 5.49. The largest absolute Gasteiger partial charge is 0.137 e. The third kappa shape index (κ3) is 2.31. The van der Waals surface area contributed by atoms with Crippen molar-refractivity contribution in [2.75, 3.05) is 6.16 Å². The fourth-order valence-electron chi connectivity index (χ4n) is 3.05. The van der Waals surface area contributed by atoms with Crippen LogP contribution in [0.1, 0.15) is 40.5 Å². The van der Waals surface area contributed by atoms with Crippen LogP contribution in [-0.4, -0.2) is 16.6 Å². The molecule has 2 heteroatoms. The Morgan fingerprint density at radius 3 is 2.00 bits per heavy atom. The minimum absolute atomic E-state index is 0.214. The molecule has 1 rings (SSSR count). The molecular weight excluding hydrogens is 254 g/mol. The van der Waals surface area contributed by atoms with Gasteiger partial charge < -0.3 is 0 Å². The summed E-state index contributed by atoms with van der Waals surface area (Å²) in [6.45, 7) is 17.2. The molecule has 18 heavy (non-hydrogen) atoms. The molecule has 0 fully saturated rings. The molecule has 2 unspecified atom stereocenters. The molecule has 0 amide bonds. The molecule has 1 heterocycles. The molecule has 2 atom stereocenters. The lowest BCUT2D eigenvalue weighted by Crippen LogP contribution is -2.43. The first-order chi connectivity index (χ1) is 8.38. The van der Waals surface area contributed by atoms with Crippen molar-refractivity contribution < 1.29 is 0 Å². The van der Waals surface area contributed by atoms with Gasteiger partial charge in [-0.1, -0.05) is 25.9 Å². The first kappa shape index (κ1) is 15.9. The lowest BCUT2D eigenvalue weighted by atomic mass is 9.68. The summed E-state index contributed by atoms with van der Waals surface area (Å²) in [5.74, 6) is 0. The van der Waals surface area contributed by atoms with Crippen molar-refractivity contribution in [2.24, 2.45) is 5.41 Å². The van der Waals surface area contributed by atoms with E-state index in [1.54, 1.807) is 5.57 Å². The van der Waals surface area contributed by atoms with Gasteiger partial charge in [-0.05, 0) is 63.0 Å². The van der Waals surface area contributed by atoms with E-state index < -0.39 is 0 Å². The van der Waals surface area contributed by atoms with Crippen LogP contribution in [0.3, 0.4) is 0 Å². The standard InChI is InChI=1S/C16H26P2/c1-7-9-16(11-17,10-8-2)15(6)13(4)12(3)14(5)18-15/h7-8H,1-2,9-11,17H2,3-6H3. The fraction of sp³-hybridized carbons (Fsp3) is 0.562. The van der Waals surface area contributed by atoms with Gasteiger partial charge in [-0.3, -0.25) is 0 Å². The predicted molar refractivity (Wildman–Crippen MR) is 91.0 cm³/mol. The molecule has 0 aliphatic carbocycles. The average molecular weight is 280 g/mol. The highest BCUT2D eigenvalue weighted by Gasteiger charge is 2.48. The van der Waals surface area contributed by atoms with Crippen LogP contribution in [0.15, 0.2) is 36.5 Å². The third-order valence-electron chi connectivity index (χ3n) is 4.72. The SMILES string of the molecule is C=CCC(CP)(CC=C)C1(C)P=C(C)C(C)=C1C. The van der Waals surface area contributed by atoms with Gasteiger partial charge in [0.1, 0.15) is 0 Å². The smallest absolute Gasteiger partial charge is 0.0373 e. The van der Waals surface area contributed by atoms with Gasteiger partial charge in [-0.2, -0.15) is 0 Å². The summed E-state index contributed by atoms with van der Waals surface area (Å²) in [6.07, 6.45) is 7.33. The van der Waals surface area contributed by atoms with Crippen LogP contribution in [0, 0.1) is 5.41 Å². The van der Waals surface area contributed by atoms with E-state index in [9.17, 15) is 0 Å². The van der Waals surface area contributed by atoms with Crippen LogP contribution in [-0.2, 0) is 0 Å². The second kappa shape index (κ2) is 5.85. The fourth-order valence-corrected chi connectivity index (χ4v) is 5.82. The average Bonchev–Trinajstić information content (AvgIpc) is 2.54. The van der Waals surface area contributed by atoms with Crippen molar-refractivity contribution >= 4 is 22.7 Å². The van der Waals surface area contributed by atoms with Crippen LogP contribution >= 0.6 is 17.4 Å². The lowest BCUT2D eigenvalue weighted by molar-refractivity contribution is 0.276. The topological polar surface area (TPSA) is 0 Å². The second-order valence-corrected chi connectivity index (χ2v) is 7.69. The summed E-state index contributed by atoms with van der Waals surface area (Å²) in [6, 6.07) is 0. The molecule has 1 aliphatic rings. The van der Waals surface area contributed by atoms with Crippen molar-refractivity contribution in [3.05, 3.63) is 36.5 Å². The predicted octanol–water partition coefficient (Wildman–Crippen LogP) is 5.25. The zero-order valence-electron chi connectivity index (χ0n) is 12.2. The monoisotopic (exact) mass is 280 g/mol. The van der Waals surface area contributed by atoms with Crippen molar-refractivity contribution in [1.82, 2.24) is 0 Å². The Labute approximate surface area is 117 Å². The van der Waals surface area contributed by atoms with E-state index in [4.69, 9.17) is 0 Å². The van der Waals surface area contributed by atoms with Gasteiger partial charge >= 0.3 is 0 Å². The summed E-state index contributed by atoms with van der Waals surface area (Å²) in [7, 11) is 4.42. The zero-order valence-corrected chi connectivity index (χ0v) is 14.3. The van der Waals surface area contributed by atoms with Crippen LogP contribution in [0.2, 0.25) is 0 Å². The Bertz CT molecular complexity index is 405. The highest BCUT2D eigenvalue weighted by molar-refractivity contribution is 7.44. The molecule has 0 radical (unpaired) electrons. The summed E-state index contributed by atoms with van der Waals surface area (Å²) >= 11 is 0. The van der Waals surface area contributed by atoms with Crippen LogP contribution in [0.5, 0.6) is 0 Å². The first-order valence-electron chi connectivity index (χ1n) is 6.55. The van der Waals surface area contributed by atoms with E-state index >= 15 is 0 Å². The van der Waals surface area contributed by atoms with Gasteiger partial charge in [0.25, 0.3) is 0 Å². The summed E-state index contributed by atoms with van der Waals surface area (Å²) in [5, 5.41) is 1.73. The molecule has 0 aromatic carbocycles. The van der Waals surface area contributed by atoms with Gasteiger partial charge in [-0.15, -0.1) is 22.4 Å². The van der Waals surface area contributed by atoms with Crippen molar-refractivity contribution in [3.63, 3.8) is 0 Å². The Morgan fingerprint density at radius 1 is 1.22 bits per heavy atom. The van der Waals surface area contributed by atoms with Crippen LogP contribution < -0.4 is 0 Å². The molecule has 0 saturated heterocycles. The number of rotatable bonds is 6. The minimum Gasteiger partial charge on any atom is -0.137 e. The summed E-state index contributed by atoms with van der Waals surface area (Å²) in [4.78, 5) is 0. The van der Waals surface area contributed by atoms with Gasteiger partial charge in [0.05, 0.1) is 0 Å². The van der Waals surface area contributed by atoms with Gasteiger partial charge in [0.2, 0.25) is 0 Å². The molecule has 0 spiro atoms. The molecule has 100 valence electrons. The van der Waals surface area contributed by atoms with Gasteiger partial charge in [0, 0.05) is 5.16 Å². The zero-order chi connectivity index (χ0) is 14.0. The maximum absolute atomic E-state index is 3.97. The van der Waals surface area contributed by atoms with Gasteiger partial charge in [-0.25, -0.2) is 0 Å². The van der Waals surface area contributed by atoms with E-state index in [-0.39, 0.29) is 10.6 Å². The quantitative estimate of drug-likeness (QED) is 0.460. The highest BCUT2D eigenvalue weighted by Crippen LogP contribution is 2.57. The van der Waals surface area contributed by atoms with Crippen LogP contribution in [0.4, 0.5) is 0 Å². The van der Waals surface area contributed by atoms with E-state index in [0.29, 0.717) is 0 Å². The first-order valence-corrected chi connectivity index (χ1v) is 8.26. The lowest BCUT2D eigenvalue weighted by Gasteiger charge is -2.45. The number of allylic oxidation sites excluding steroid dienone is 4. The minimum atomic E-state index is 0.214. The Morgan fingerprint density at radius 2 is 1.72 bits per heavy atom. The highest BCUT2D eigenvalue weighted by atomic mass is 31.1. The van der Waals surface area contributed by atoms with Gasteiger partial charge in [0.15, 0.2) is 0 Å². The van der Waals surface area contributed by atoms with E-state index in [2.05, 4.69) is 62.2 Å². The Balaban J connectivity index is 3.38. The molecule has 0 aromatic heterocycles. The van der Waals surface area contributed by atoms with Crippen molar-refractivity contribution in [1.29, 1.82) is 0 Å². The molecule has 1 aliphatic heterocycles. The maximum Gasteiger partial charge on any atom is 0.0373 e. The van der Waals surface area contributed by atoms with Crippen molar-refractivity contribution in [2.45, 2.75) is 45.7 Å². The Kier molecular flexibility index (Phi) is 5.16. The normalized spacial score (nSPS) is 25.1. The summed E-state index contributed by atoms with van der Waals surface area (Å²) in [5.41, 5.74) is 3.27. The third-order valence-corrected chi connectivity index (χ3v) is 7.43. The van der Waals surface area contributed by atoms with E-state index in [1.165, 1.54) is 19.1 Å². The molecule has 0 N–H and O–H groups in total. The Hall–Kier alpha value is -0.180.